The van der Waals surface area contributed by atoms with Crippen molar-refractivity contribution < 1.29 is 17.9 Å². The average Bonchev–Trinajstić information content (AvgIpc) is 3.20. The van der Waals surface area contributed by atoms with E-state index in [1.165, 1.54) is 0 Å². The van der Waals surface area contributed by atoms with Gasteiger partial charge in [-0.05, 0) is 37.8 Å². The standard InChI is InChI=1S/C21H36N4O4S.HI/c1-17(2)25-30(26,27)16-20-8-5-4-7-19(20)13-24-21(22-3)23-10-6-11-28-14-18-9-12-29-15-18;/h4-5,7-8,17-18,25H,6,9-16H2,1-3H3,(H2,22,23,24);1H. The number of nitrogens with one attached hydrogen (secondary N) is 3. The van der Waals surface area contributed by atoms with Gasteiger partial charge in [0.15, 0.2) is 5.96 Å². The third-order valence-corrected chi connectivity index (χ3v) is 6.21. The van der Waals surface area contributed by atoms with Crippen molar-refractivity contribution in [2.45, 2.75) is 45.0 Å². The Hall–Kier alpha value is -0.950. The third kappa shape index (κ3) is 11.5. The van der Waals surface area contributed by atoms with Crippen LogP contribution in [0, 0.1) is 5.92 Å². The predicted molar refractivity (Wildman–Crippen MR) is 135 cm³/mol. The van der Waals surface area contributed by atoms with Crippen LogP contribution in [0.1, 0.15) is 37.8 Å². The van der Waals surface area contributed by atoms with E-state index in [-0.39, 0.29) is 35.8 Å². The Kier molecular flexibility index (Phi) is 13.6. The normalized spacial score (nSPS) is 16.9. The van der Waals surface area contributed by atoms with Crippen molar-refractivity contribution in [3.05, 3.63) is 35.4 Å². The van der Waals surface area contributed by atoms with Crippen LogP contribution in [0.4, 0.5) is 0 Å². The van der Waals surface area contributed by atoms with E-state index in [0.29, 0.717) is 25.0 Å². The Morgan fingerprint density at radius 2 is 2.00 bits per heavy atom. The van der Waals surface area contributed by atoms with Gasteiger partial charge in [0.25, 0.3) is 0 Å². The van der Waals surface area contributed by atoms with Gasteiger partial charge in [-0.2, -0.15) is 0 Å². The molecule has 1 aliphatic heterocycles. The highest BCUT2D eigenvalue weighted by Crippen LogP contribution is 2.13. The van der Waals surface area contributed by atoms with Gasteiger partial charge in [0.2, 0.25) is 10.0 Å². The molecular weight excluding hydrogens is 531 g/mol. The first-order valence-corrected chi connectivity index (χ1v) is 12.2. The fourth-order valence-electron chi connectivity index (χ4n) is 3.22. The average molecular weight is 569 g/mol. The van der Waals surface area contributed by atoms with Crippen LogP contribution >= 0.6 is 24.0 Å². The number of hydrogen-bond acceptors (Lipinski definition) is 5. The summed E-state index contributed by atoms with van der Waals surface area (Å²) in [6.07, 6.45) is 1.97. The minimum absolute atomic E-state index is 0. The zero-order valence-electron chi connectivity index (χ0n) is 18.7. The van der Waals surface area contributed by atoms with Gasteiger partial charge in [-0.15, -0.1) is 24.0 Å². The lowest BCUT2D eigenvalue weighted by atomic mass is 10.1. The third-order valence-electron chi connectivity index (χ3n) is 4.68. The fourth-order valence-corrected chi connectivity index (χ4v) is 4.71. The molecule has 1 heterocycles. The number of nitrogens with zero attached hydrogens (tertiary/aromatic N) is 1. The summed E-state index contributed by atoms with van der Waals surface area (Å²) < 4.78 is 38.2. The molecular formula is C21H37IN4O4S. The molecule has 0 aromatic heterocycles. The summed E-state index contributed by atoms with van der Waals surface area (Å²) in [5, 5.41) is 6.52. The van der Waals surface area contributed by atoms with E-state index in [9.17, 15) is 8.42 Å². The molecule has 3 N–H and O–H groups in total. The van der Waals surface area contributed by atoms with E-state index >= 15 is 0 Å². The highest BCUT2D eigenvalue weighted by Gasteiger charge is 2.16. The van der Waals surface area contributed by atoms with Crippen LogP contribution < -0.4 is 15.4 Å². The van der Waals surface area contributed by atoms with E-state index in [1.807, 2.05) is 38.1 Å². The molecule has 0 radical (unpaired) electrons. The molecule has 10 heteroatoms. The van der Waals surface area contributed by atoms with E-state index < -0.39 is 10.0 Å². The minimum atomic E-state index is -3.38. The summed E-state index contributed by atoms with van der Waals surface area (Å²) in [6, 6.07) is 7.42. The van der Waals surface area contributed by atoms with Crippen molar-refractivity contribution in [3.63, 3.8) is 0 Å². The number of aliphatic imine (C=N–C) groups is 1. The molecule has 0 saturated carbocycles. The number of guanidine groups is 1. The fraction of sp³-hybridized carbons (Fsp3) is 0.667. The van der Waals surface area contributed by atoms with E-state index in [2.05, 4.69) is 20.3 Å². The highest BCUT2D eigenvalue weighted by molar-refractivity contribution is 14.0. The summed E-state index contributed by atoms with van der Waals surface area (Å²) in [4.78, 5) is 4.23. The molecule has 178 valence electrons. The second-order valence-electron chi connectivity index (χ2n) is 7.81. The van der Waals surface area contributed by atoms with Crippen molar-refractivity contribution in [1.82, 2.24) is 15.4 Å². The number of rotatable bonds is 12. The maximum Gasteiger partial charge on any atom is 0.216 e. The lowest BCUT2D eigenvalue weighted by Crippen LogP contribution is -2.38. The minimum Gasteiger partial charge on any atom is -0.381 e. The lowest BCUT2D eigenvalue weighted by Gasteiger charge is -2.15. The van der Waals surface area contributed by atoms with Crippen molar-refractivity contribution in [2.75, 3.05) is 40.0 Å². The number of hydrogen-bond donors (Lipinski definition) is 3. The van der Waals surface area contributed by atoms with Gasteiger partial charge in [-0.25, -0.2) is 13.1 Å². The van der Waals surface area contributed by atoms with Gasteiger partial charge in [0.05, 0.1) is 19.0 Å². The summed E-state index contributed by atoms with van der Waals surface area (Å²) in [5.74, 6) is 1.17. The number of halogens is 1. The SMILES string of the molecule is CN=C(NCCCOCC1CCOC1)NCc1ccccc1CS(=O)(=O)NC(C)C.I. The Balaban J connectivity index is 0.00000480. The Morgan fingerprint density at radius 3 is 2.65 bits per heavy atom. The van der Waals surface area contributed by atoms with Crippen molar-refractivity contribution in [2.24, 2.45) is 10.9 Å². The molecule has 1 aliphatic rings. The van der Waals surface area contributed by atoms with Crippen molar-refractivity contribution in [3.8, 4) is 0 Å². The molecule has 0 amide bonds. The van der Waals surface area contributed by atoms with Gasteiger partial charge in [0, 0.05) is 45.3 Å². The largest absolute Gasteiger partial charge is 0.381 e. The number of ether oxygens (including phenoxy) is 2. The Labute approximate surface area is 204 Å². The lowest BCUT2D eigenvalue weighted by molar-refractivity contribution is 0.0888. The van der Waals surface area contributed by atoms with Crippen LogP contribution in [-0.2, 0) is 31.8 Å². The number of benzene rings is 1. The molecule has 8 nitrogen and oxygen atoms in total. The summed E-state index contributed by atoms with van der Waals surface area (Å²) >= 11 is 0. The second-order valence-corrected chi connectivity index (χ2v) is 9.56. The monoisotopic (exact) mass is 568 g/mol. The molecule has 1 aromatic carbocycles. The van der Waals surface area contributed by atoms with E-state index in [1.54, 1.807) is 7.05 Å². The van der Waals surface area contributed by atoms with Crippen molar-refractivity contribution in [1.29, 1.82) is 0 Å². The maximum atomic E-state index is 12.3. The summed E-state index contributed by atoms with van der Waals surface area (Å²) in [5.41, 5.74) is 1.70. The van der Waals surface area contributed by atoms with Gasteiger partial charge in [0.1, 0.15) is 0 Å². The molecule has 0 bridgehead atoms. The van der Waals surface area contributed by atoms with E-state index in [4.69, 9.17) is 9.47 Å². The molecule has 1 atom stereocenters. The first-order valence-electron chi connectivity index (χ1n) is 10.6. The summed E-state index contributed by atoms with van der Waals surface area (Å²) in [6.45, 7) is 7.98. The highest BCUT2D eigenvalue weighted by atomic mass is 127. The van der Waals surface area contributed by atoms with Crippen LogP contribution in [0.25, 0.3) is 0 Å². The van der Waals surface area contributed by atoms with Crippen LogP contribution in [-0.4, -0.2) is 60.4 Å². The van der Waals surface area contributed by atoms with Gasteiger partial charge < -0.3 is 20.1 Å². The Morgan fingerprint density at radius 1 is 1.26 bits per heavy atom. The first kappa shape index (κ1) is 28.1. The smallest absolute Gasteiger partial charge is 0.216 e. The molecule has 31 heavy (non-hydrogen) atoms. The molecule has 0 aliphatic carbocycles. The zero-order valence-corrected chi connectivity index (χ0v) is 21.9. The topological polar surface area (TPSA) is 101 Å². The van der Waals surface area contributed by atoms with Crippen LogP contribution in [0.5, 0.6) is 0 Å². The van der Waals surface area contributed by atoms with Gasteiger partial charge >= 0.3 is 0 Å². The predicted octanol–water partition coefficient (Wildman–Crippen LogP) is 2.24. The van der Waals surface area contributed by atoms with Crippen LogP contribution in [0.3, 0.4) is 0 Å². The van der Waals surface area contributed by atoms with Gasteiger partial charge in [-0.1, -0.05) is 24.3 Å². The second kappa shape index (κ2) is 15.0. The summed E-state index contributed by atoms with van der Waals surface area (Å²) in [7, 11) is -1.66. The molecule has 1 aromatic rings. The van der Waals surface area contributed by atoms with Crippen LogP contribution in [0.2, 0.25) is 0 Å². The molecule has 2 rings (SSSR count). The molecule has 0 spiro atoms. The van der Waals surface area contributed by atoms with Crippen molar-refractivity contribution >= 4 is 40.0 Å². The Bertz CT molecular complexity index is 768. The zero-order chi connectivity index (χ0) is 21.8. The maximum absolute atomic E-state index is 12.3. The molecule has 1 saturated heterocycles. The van der Waals surface area contributed by atoms with E-state index in [0.717, 1.165) is 50.3 Å². The quantitative estimate of drug-likeness (QED) is 0.155. The molecule has 1 unspecified atom stereocenters. The molecule has 1 fully saturated rings. The number of sulfonamides is 1. The van der Waals surface area contributed by atoms with Crippen LogP contribution in [0.15, 0.2) is 29.3 Å². The first-order chi connectivity index (χ1) is 14.4. The van der Waals surface area contributed by atoms with Gasteiger partial charge in [-0.3, -0.25) is 4.99 Å².